The van der Waals surface area contributed by atoms with E-state index in [-0.39, 0.29) is 12.0 Å². The molecule has 0 aromatic heterocycles. The number of benzene rings is 1. The number of rotatable bonds is 2. The largest absolute Gasteiger partial charge is 0.391 e. The molecule has 0 saturated carbocycles. The molecule has 1 fully saturated rings. The van der Waals surface area contributed by atoms with Crippen LogP contribution in [0.1, 0.15) is 28.8 Å². The van der Waals surface area contributed by atoms with E-state index in [4.69, 9.17) is 5.73 Å². The number of carbonyl (C=O) groups is 1. The topological polar surface area (TPSA) is 66.6 Å². The highest BCUT2D eigenvalue weighted by Crippen LogP contribution is 2.14. The molecule has 0 bridgehead atoms. The number of likely N-dealkylation sites (tertiary alicyclic amines) is 1. The van der Waals surface area contributed by atoms with Crippen LogP contribution in [0.4, 0.5) is 0 Å². The average Bonchev–Trinajstić information content (AvgIpc) is 2.38. The molecule has 1 aromatic carbocycles. The van der Waals surface area contributed by atoms with Crippen molar-refractivity contribution in [3.8, 4) is 0 Å². The van der Waals surface area contributed by atoms with Crippen molar-refractivity contribution in [2.45, 2.75) is 25.5 Å². The second-order valence-electron chi connectivity index (χ2n) is 4.45. The first-order chi connectivity index (χ1) is 8.20. The number of nitrogens with two attached hydrogens (primary N) is 1. The lowest BCUT2D eigenvalue weighted by molar-refractivity contribution is 0.0473. The first kappa shape index (κ1) is 12.1. The summed E-state index contributed by atoms with van der Waals surface area (Å²) in [6.45, 7) is 1.60. The van der Waals surface area contributed by atoms with Crippen LogP contribution in [0, 0.1) is 0 Å². The van der Waals surface area contributed by atoms with Crippen LogP contribution >= 0.6 is 0 Å². The van der Waals surface area contributed by atoms with Gasteiger partial charge >= 0.3 is 0 Å². The molecule has 1 aliphatic rings. The summed E-state index contributed by atoms with van der Waals surface area (Å²) in [6, 6.07) is 7.36. The zero-order valence-corrected chi connectivity index (χ0v) is 9.80. The van der Waals surface area contributed by atoms with Crippen LogP contribution in [-0.4, -0.2) is 35.1 Å². The molecule has 3 N–H and O–H groups in total. The zero-order valence-electron chi connectivity index (χ0n) is 9.80. The quantitative estimate of drug-likeness (QED) is 0.793. The van der Waals surface area contributed by atoms with Crippen LogP contribution in [0.2, 0.25) is 0 Å². The van der Waals surface area contributed by atoms with Gasteiger partial charge in [-0.2, -0.15) is 0 Å². The number of carbonyl (C=O) groups excluding carboxylic acids is 1. The number of hydrogen-bond donors (Lipinski definition) is 2. The molecular formula is C13H18N2O2. The van der Waals surface area contributed by atoms with Gasteiger partial charge in [-0.1, -0.05) is 12.1 Å². The van der Waals surface area contributed by atoms with Crippen molar-refractivity contribution in [2.24, 2.45) is 5.73 Å². The summed E-state index contributed by atoms with van der Waals surface area (Å²) >= 11 is 0. The van der Waals surface area contributed by atoms with Gasteiger partial charge in [0.2, 0.25) is 0 Å². The molecule has 1 heterocycles. The lowest BCUT2D eigenvalue weighted by Crippen LogP contribution is -2.42. The number of hydrogen-bond acceptors (Lipinski definition) is 3. The summed E-state index contributed by atoms with van der Waals surface area (Å²) in [6.07, 6.45) is 1.27. The maximum Gasteiger partial charge on any atom is 0.253 e. The second-order valence-corrected chi connectivity index (χ2v) is 4.45. The van der Waals surface area contributed by atoms with Gasteiger partial charge in [0, 0.05) is 25.2 Å². The van der Waals surface area contributed by atoms with E-state index in [0.717, 1.165) is 24.9 Å². The molecule has 17 heavy (non-hydrogen) atoms. The lowest BCUT2D eigenvalue weighted by atomic mass is 10.1. The summed E-state index contributed by atoms with van der Waals surface area (Å²) in [7, 11) is 0. The van der Waals surface area contributed by atoms with E-state index in [1.54, 1.807) is 11.0 Å². The third kappa shape index (κ3) is 2.84. The summed E-state index contributed by atoms with van der Waals surface area (Å²) in [5, 5.41) is 9.56. The summed E-state index contributed by atoms with van der Waals surface area (Å²) in [4.78, 5) is 13.9. The Kier molecular flexibility index (Phi) is 3.76. The van der Waals surface area contributed by atoms with Gasteiger partial charge in [0.05, 0.1) is 6.10 Å². The smallest absolute Gasteiger partial charge is 0.253 e. The highest BCUT2D eigenvalue weighted by Gasteiger charge is 2.22. The average molecular weight is 234 g/mol. The van der Waals surface area contributed by atoms with Gasteiger partial charge in [0.25, 0.3) is 5.91 Å². The number of β-amino-alcohol motifs (C(OH)–C–C–N with tert-alkyl or cyclic N) is 1. The molecule has 1 saturated heterocycles. The highest BCUT2D eigenvalue weighted by atomic mass is 16.3. The molecule has 92 valence electrons. The van der Waals surface area contributed by atoms with E-state index in [1.165, 1.54) is 0 Å². The molecule has 0 unspecified atom stereocenters. The van der Waals surface area contributed by atoms with E-state index in [1.807, 2.05) is 18.2 Å². The molecule has 0 radical (unpaired) electrons. The van der Waals surface area contributed by atoms with Gasteiger partial charge in [-0.05, 0) is 30.5 Å². The molecule has 1 amide bonds. The van der Waals surface area contributed by atoms with Gasteiger partial charge in [-0.25, -0.2) is 0 Å². The number of nitrogens with zero attached hydrogens (tertiary/aromatic N) is 1. The van der Waals surface area contributed by atoms with Gasteiger partial charge in [0.15, 0.2) is 0 Å². The highest BCUT2D eigenvalue weighted by molar-refractivity contribution is 5.94. The van der Waals surface area contributed by atoms with Gasteiger partial charge in [-0.3, -0.25) is 4.79 Å². The minimum atomic E-state index is -0.384. The molecular weight excluding hydrogens is 216 g/mol. The standard InChI is InChI=1S/C13H18N2O2/c14-8-10-3-1-4-11(7-10)13(17)15-6-2-5-12(16)9-15/h1,3-4,7,12,16H,2,5-6,8-9,14H2/t12-/m0/s1. The minimum Gasteiger partial charge on any atom is -0.391 e. The molecule has 4 heteroatoms. The Labute approximate surface area is 101 Å². The molecule has 1 atom stereocenters. The number of amides is 1. The van der Waals surface area contributed by atoms with E-state index in [2.05, 4.69) is 0 Å². The van der Waals surface area contributed by atoms with Crippen LogP contribution < -0.4 is 5.73 Å². The number of aliphatic hydroxyl groups is 1. The van der Waals surface area contributed by atoms with Crippen molar-refractivity contribution in [1.29, 1.82) is 0 Å². The van der Waals surface area contributed by atoms with E-state index < -0.39 is 0 Å². The SMILES string of the molecule is NCc1cccc(C(=O)N2CCC[C@H](O)C2)c1. The van der Waals surface area contributed by atoms with Crippen molar-refractivity contribution in [3.05, 3.63) is 35.4 Å². The van der Waals surface area contributed by atoms with E-state index >= 15 is 0 Å². The third-order valence-corrected chi connectivity index (χ3v) is 3.09. The number of piperidine rings is 1. The van der Waals surface area contributed by atoms with Gasteiger partial charge < -0.3 is 15.7 Å². The number of aliphatic hydroxyl groups excluding tert-OH is 1. The van der Waals surface area contributed by atoms with Crippen LogP contribution in [0.3, 0.4) is 0 Å². The Balaban J connectivity index is 2.12. The Morgan fingerprint density at radius 2 is 2.35 bits per heavy atom. The second kappa shape index (κ2) is 5.29. The van der Waals surface area contributed by atoms with Gasteiger partial charge in [0.1, 0.15) is 0 Å². The van der Waals surface area contributed by atoms with Crippen molar-refractivity contribution < 1.29 is 9.90 Å². The normalized spacial score (nSPS) is 20.4. The van der Waals surface area contributed by atoms with Crippen LogP contribution in [0.25, 0.3) is 0 Å². The fraction of sp³-hybridized carbons (Fsp3) is 0.462. The van der Waals surface area contributed by atoms with Crippen LogP contribution in [0.5, 0.6) is 0 Å². The maximum atomic E-state index is 12.2. The summed E-state index contributed by atoms with van der Waals surface area (Å²) < 4.78 is 0. The van der Waals surface area contributed by atoms with Crippen molar-refractivity contribution in [3.63, 3.8) is 0 Å². The summed E-state index contributed by atoms with van der Waals surface area (Å²) in [5.74, 6) is -0.0148. The Morgan fingerprint density at radius 3 is 3.06 bits per heavy atom. The lowest BCUT2D eigenvalue weighted by Gasteiger charge is -2.30. The fourth-order valence-corrected chi connectivity index (χ4v) is 2.15. The molecule has 0 spiro atoms. The van der Waals surface area contributed by atoms with Crippen molar-refractivity contribution in [1.82, 2.24) is 4.90 Å². The predicted octanol–water partition coefficient (Wildman–Crippen LogP) is 0.742. The van der Waals surface area contributed by atoms with Crippen LogP contribution in [0.15, 0.2) is 24.3 Å². The maximum absolute atomic E-state index is 12.2. The third-order valence-electron chi connectivity index (χ3n) is 3.09. The van der Waals surface area contributed by atoms with Crippen LogP contribution in [-0.2, 0) is 6.54 Å². The Hall–Kier alpha value is -1.39. The molecule has 1 aliphatic heterocycles. The van der Waals surface area contributed by atoms with Crippen molar-refractivity contribution >= 4 is 5.91 Å². The van der Waals surface area contributed by atoms with E-state index in [9.17, 15) is 9.90 Å². The van der Waals surface area contributed by atoms with Gasteiger partial charge in [-0.15, -0.1) is 0 Å². The zero-order chi connectivity index (χ0) is 12.3. The molecule has 4 nitrogen and oxygen atoms in total. The predicted molar refractivity (Wildman–Crippen MR) is 65.5 cm³/mol. The minimum absolute atomic E-state index is 0.0148. The first-order valence-corrected chi connectivity index (χ1v) is 5.97. The molecule has 0 aliphatic carbocycles. The Morgan fingerprint density at radius 1 is 1.53 bits per heavy atom. The van der Waals surface area contributed by atoms with E-state index in [0.29, 0.717) is 18.7 Å². The first-order valence-electron chi connectivity index (χ1n) is 5.97. The fourth-order valence-electron chi connectivity index (χ4n) is 2.15. The summed E-state index contributed by atoms with van der Waals surface area (Å²) in [5.41, 5.74) is 7.16. The molecule has 1 aromatic rings. The monoisotopic (exact) mass is 234 g/mol. The molecule has 2 rings (SSSR count). The van der Waals surface area contributed by atoms with Crippen molar-refractivity contribution in [2.75, 3.05) is 13.1 Å². The Bertz CT molecular complexity index is 406.